The molecule has 0 spiro atoms. The van der Waals surface area contributed by atoms with Crippen molar-refractivity contribution in [3.8, 4) is 5.75 Å². The third-order valence-corrected chi connectivity index (χ3v) is 2.65. The molecular weight excluding hydrogens is 254 g/mol. The second kappa shape index (κ2) is 8.35. The van der Waals surface area contributed by atoms with E-state index in [1.807, 2.05) is 19.9 Å². The van der Waals surface area contributed by atoms with Crippen LogP contribution < -0.4 is 4.74 Å². The van der Waals surface area contributed by atoms with E-state index in [0.717, 1.165) is 12.8 Å². The monoisotopic (exact) mass is 277 g/mol. The number of methoxy groups -OCH3 is 1. The van der Waals surface area contributed by atoms with Crippen LogP contribution in [0.2, 0.25) is 0 Å². The molecule has 20 heavy (non-hydrogen) atoms. The molecule has 0 heterocycles. The smallest absolute Gasteiger partial charge is 0.340 e. The summed E-state index contributed by atoms with van der Waals surface area (Å²) >= 11 is 0. The van der Waals surface area contributed by atoms with E-state index in [4.69, 9.17) is 9.47 Å². The van der Waals surface area contributed by atoms with Crippen LogP contribution in [0, 0.1) is 5.92 Å². The van der Waals surface area contributed by atoms with Crippen molar-refractivity contribution >= 4 is 17.9 Å². The standard InChI is InChI=1S/C16H23NO3/c1-5-6-9-20-13-7-8-15(17-11-12(2)3)14(10-13)16(18)19-4/h7-8,10-12H,5-6,9H2,1-4H3/b17-11-. The average Bonchev–Trinajstić information content (AvgIpc) is 2.45. The molecule has 1 aromatic carbocycles. The summed E-state index contributed by atoms with van der Waals surface area (Å²) in [5.41, 5.74) is 1.03. The van der Waals surface area contributed by atoms with E-state index in [-0.39, 0.29) is 0 Å². The summed E-state index contributed by atoms with van der Waals surface area (Å²) in [6, 6.07) is 5.30. The van der Waals surface area contributed by atoms with Crippen molar-refractivity contribution in [3.63, 3.8) is 0 Å². The van der Waals surface area contributed by atoms with E-state index in [1.165, 1.54) is 7.11 Å². The average molecular weight is 277 g/mol. The molecule has 0 unspecified atom stereocenters. The van der Waals surface area contributed by atoms with E-state index in [1.54, 1.807) is 18.3 Å². The first kappa shape index (κ1) is 16.2. The predicted molar refractivity (Wildman–Crippen MR) is 81.2 cm³/mol. The Morgan fingerprint density at radius 2 is 2.15 bits per heavy atom. The lowest BCUT2D eigenvalue weighted by atomic mass is 10.1. The van der Waals surface area contributed by atoms with Crippen LogP contribution in [0.4, 0.5) is 5.69 Å². The van der Waals surface area contributed by atoms with Gasteiger partial charge in [0.2, 0.25) is 0 Å². The van der Waals surface area contributed by atoms with Gasteiger partial charge in [0, 0.05) is 6.21 Å². The molecule has 0 saturated carbocycles. The summed E-state index contributed by atoms with van der Waals surface area (Å²) < 4.78 is 10.4. The normalized spacial score (nSPS) is 11.1. The minimum Gasteiger partial charge on any atom is -0.494 e. The quantitative estimate of drug-likeness (QED) is 0.430. The van der Waals surface area contributed by atoms with Crippen molar-refractivity contribution in [2.24, 2.45) is 10.9 Å². The van der Waals surface area contributed by atoms with Crippen molar-refractivity contribution in [2.75, 3.05) is 13.7 Å². The van der Waals surface area contributed by atoms with Crippen molar-refractivity contribution < 1.29 is 14.3 Å². The summed E-state index contributed by atoms with van der Waals surface area (Å²) in [7, 11) is 1.36. The highest BCUT2D eigenvalue weighted by atomic mass is 16.5. The highest BCUT2D eigenvalue weighted by molar-refractivity contribution is 5.96. The molecule has 110 valence electrons. The first-order chi connectivity index (χ1) is 9.58. The zero-order chi connectivity index (χ0) is 15.0. The van der Waals surface area contributed by atoms with Gasteiger partial charge in [0.05, 0.1) is 25.0 Å². The summed E-state index contributed by atoms with van der Waals surface area (Å²) in [6.45, 7) is 6.81. The first-order valence-electron chi connectivity index (χ1n) is 6.97. The zero-order valence-corrected chi connectivity index (χ0v) is 12.7. The molecule has 1 rings (SSSR count). The van der Waals surface area contributed by atoms with Crippen LogP contribution in [0.25, 0.3) is 0 Å². The number of nitrogens with zero attached hydrogens (tertiary/aromatic N) is 1. The number of aliphatic imine (C=N–C) groups is 1. The predicted octanol–water partition coefficient (Wildman–Crippen LogP) is 4.01. The molecule has 4 heteroatoms. The minimum absolute atomic E-state index is 0.320. The zero-order valence-electron chi connectivity index (χ0n) is 12.7. The number of hydrogen-bond acceptors (Lipinski definition) is 4. The molecule has 1 aromatic rings. The van der Waals surface area contributed by atoms with E-state index < -0.39 is 5.97 Å². The minimum atomic E-state index is -0.401. The molecule has 0 aliphatic heterocycles. The van der Waals surface area contributed by atoms with Crippen LogP contribution in [0.1, 0.15) is 44.0 Å². The summed E-state index contributed by atoms with van der Waals surface area (Å²) in [6.07, 6.45) is 3.86. The Balaban J connectivity index is 2.97. The second-order valence-electron chi connectivity index (χ2n) is 4.89. The van der Waals surface area contributed by atoms with Gasteiger partial charge in [-0.1, -0.05) is 27.2 Å². The van der Waals surface area contributed by atoms with E-state index >= 15 is 0 Å². The lowest BCUT2D eigenvalue weighted by molar-refractivity contribution is 0.0601. The largest absolute Gasteiger partial charge is 0.494 e. The molecule has 0 amide bonds. The third-order valence-electron chi connectivity index (χ3n) is 2.65. The number of carbonyl (C=O) groups excluding carboxylic acids is 1. The summed E-state index contributed by atoms with van der Waals surface area (Å²) in [5.74, 6) is 0.588. The fourth-order valence-electron chi connectivity index (χ4n) is 1.55. The van der Waals surface area contributed by atoms with Crippen LogP contribution in [-0.2, 0) is 4.74 Å². The number of benzene rings is 1. The summed E-state index contributed by atoms with van der Waals surface area (Å²) in [4.78, 5) is 16.1. The van der Waals surface area contributed by atoms with Gasteiger partial charge in [0.1, 0.15) is 5.75 Å². The maximum absolute atomic E-state index is 11.8. The van der Waals surface area contributed by atoms with Gasteiger partial charge in [-0.05, 0) is 30.5 Å². The fraction of sp³-hybridized carbons (Fsp3) is 0.500. The number of ether oxygens (including phenoxy) is 2. The molecule has 0 radical (unpaired) electrons. The highest BCUT2D eigenvalue weighted by Gasteiger charge is 2.12. The van der Waals surface area contributed by atoms with Crippen LogP contribution in [-0.4, -0.2) is 25.9 Å². The molecule has 0 saturated heterocycles. The van der Waals surface area contributed by atoms with E-state index in [2.05, 4.69) is 11.9 Å². The third kappa shape index (κ3) is 5.03. The van der Waals surface area contributed by atoms with Crippen molar-refractivity contribution in [1.82, 2.24) is 0 Å². The Labute approximate surface area is 120 Å². The van der Waals surface area contributed by atoms with Gasteiger partial charge in [-0.15, -0.1) is 0 Å². The van der Waals surface area contributed by atoms with E-state index in [9.17, 15) is 4.79 Å². The molecule has 0 atom stereocenters. The lowest BCUT2D eigenvalue weighted by Gasteiger charge is -2.09. The van der Waals surface area contributed by atoms with Crippen LogP contribution in [0.15, 0.2) is 23.2 Å². The maximum Gasteiger partial charge on any atom is 0.340 e. The van der Waals surface area contributed by atoms with Crippen LogP contribution in [0.3, 0.4) is 0 Å². The number of esters is 1. The Morgan fingerprint density at radius 3 is 2.75 bits per heavy atom. The van der Waals surface area contributed by atoms with Crippen molar-refractivity contribution in [3.05, 3.63) is 23.8 Å². The Bertz CT molecular complexity index is 467. The number of hydrogen-bond donors (Lipinski definition) is 0. The fourth-order valence-corrected chi connectivity index (χ4v) is 1.55. The molecule has 0 aliphatic rings. The molecule has 0 fully saturated rings. The molecule has 0 bridgehead atoms. The molecule has 0 N–H and O–H groups in total. The Kier molecular flexibility index (Phi) is 6.77. The lowest BCUT2D eigenvalue weighted by Crippen LogP contribution is -2.03. The molecule has 0 aromatic heterocycles. The van der Waals surface area contributed by atoms with Crippen LogP contribution >= 0.6 is 0 Å². The van der Waals surface area contributed by atoms with Gasteiger partial charge in [-0.25, -0.2) is 4.79 Å². The van der Waals surface area contributed by atoms with Gasteiger partial charge in [0.25, 0.3) is 0 Å². The number of carbonyl (C=O) groups is 1. The van der Waals surface area contributed by atoms with Gasteiger partial charge in [-0.2, -0.15) is 0 Å². The van der Waals surface area contributed by atoms with Crippen molar-refractivity contribution in [2.45, 2.75) is 33.6 Å². The number of rotatable bonds is 7. The Morgan fingerprint density at radius 1 is 1.40 bits per heavy atom. The van der Waals surface area contributed by atoms with Crippen molar-refractivity contribution in [1.29, 1.82) is 0 Å². The highest BCUT2D eigenvalue weighted by Crippen LogP contribution is 2.25. The van der Waals surface area contributed by atoms with Gasteiger partial charge in [0.15, 0.2) is 0 Å². The van der Waals surface area contributed by atoms with E-state index in [0.29, 0.717) is 29.5 Å². The summed E-state index contributed by atoms with van der Waals surface area (Å²) in [5, 5.41) is 0. The SMILES string of the molecule is CCCCOc1ccc(/N=C\C(C)C)c(C(=O)OC)c1. The second-order valence-corrected chi connectivity index (χ2v) is 4.89. The molecule has 4 nitrogen and oxygen atoms in total. The van der Waals surface area contributed by atoms with Gasteiger partial charge < -0.3 is 9.47 Å². The maximum atomic E-state index is 11.8. The van der Waals surface area contributed by atoms with Crippen LogP contribution in [0.5, 0.6) is 5.75 Å². The molecular formula is C16H23NO3. The van der Waals surface area contributed by atoms with Gasteiger partial charge >= 0.3 is 5.97 Å². The molecule has 0 aliphatic carbocycles. The first-order valence-corrected chi connectivity index (χ1v) is 6.97. The van der Waals surface area contributed by atoms with Gasteiger partial charge in [-0.3, -0.25) is 4.99 Å². The number of unbranched alkanes of at least 4 members (excludes halogenated alkanes) is 1. The topological polar surface area (TPSA) is 47.9 Å². The Hall–Kier alpha value is -1.84.